The number of hydrogen-bond donors (Lipinski definition) is 1. The zero-order valence-electron chi connectivity index (χ0n) is 13.3. The van der Waals surface area contributed by atoms with Gasteiger partial charge >= 0.3 is 6.18 Å². The second-order valence-corrected chi connectivity index (χ2v) is 5.75. The first kappa shape index (κ1) is 17.0. The van der Waals surface area contributed by atoms with Crippen LogP contribution in [0.15, 0.2) is 55.3 Å². The monoisotopic (exact) mass is 347 g/mol. The average molecular weight is 347 g/mol. The molecule has 0 spiro atoms. The van der Waals surface area contributed by atoms with E-state index in [9.17, 15) is 18.0 Å². The molecule has 1 N–H and O–H groups in total. The number of nitrogens with one attached hydrogen (secondary N) is 1. The van der Waals surface area contributed by atoms with Crippen molar-refractivity contribution in [1.29, 1.82) is 0 Å². The Labute approximate surface area is 143 Å². The van der Waals surface area contributed by atoms with Crippen molar-refractivity contribution >= 4 is 17.3 Å². The van der Waals surface area contributed by atoms with E-state index in [-0.39, 0.29) is 11.9 Å². The highest BCUT2D eigenvalue weighted by Crippen LogP contribution is 2.36. The van der Waals surface area contributed by atoms with Gasteiger partial charge in [0.25, 0.3) is 0 Å². The molecule has 25 heavy (non-hydrogen) atoms. The van der Waals surface area contributed by atoms with Gasteiger partial charge in [0.05, 0.1) is 6.04 Å². The molecule has 0 aliphatic carbocycles. The summed E-state index contributed by atoms with van der Waals surface area (Å²) in [7, 11) is 0. The summed E-state index contributed by atoms with van der Waals surface area (Å²) in [5, 5.41) is 2.82. The van der Waals surface area contributed by atoms with E-state index in [0.29, 0.717) is 18.7 Å². The molecule has 1 amide bonds. The van der Waals surface area contributed by atoms with Crippen LogP contribution in [0.5, 0.6) is 0 Å². The van der Waals surface area contributed by atoms with Gasteiger partial charge in [0.15, 0.2) is 0 Å². The van der Waals surface area contributed by atoms with Crippen molar-refractivity contribution in [3.8, 4) is 0 Å². The Balaban J connectivity index is 1.99. The highest BCUT2D eigenvalue weighted by molar-refractivity contribution is 5.87. The SMILES string of the molecule is C=CC(=O)NC1Cc2ccccc2N(c2ccnc(C(F)(F)F)c2)C1. The van der Waals surface area contributed by atoms with Crippen molar-refractivity contribution in [2.24, 2.45) is 0 Å². The molecule has 1 unspecified atom stereocenters. The van der Waals surface area contributed by atoms with Crippen LogP contribution in [-0.2, 0) is 17.4 Å². The predicted octanol–water partition coefficient (Wildman–Crippen LogP) is 3.47. The Morgan fingerprint density at radius 3 is 2.80 bits per heavy atom. The second-order valence-electron chi connectivity index (χ2n) is 5.75. The molecule has 1 atom stereocenters. The number of carbonyl (C=O) groups is 1. The summed E-state index contributed by atoms with van der Waals surface area (Å²) in [4.78, 5) is 16.8. The lowest BCUT2D eigenvalue weighted by Crippen LogP contribution is -2.46. The predicted molar refractivity (Wildman–Crippen MR) is 88.5 cm³/mol. The quantitative estimate of drug-likeness (QED) is 0.865. The lowest BCUT2D eigenvalue weighted by Gasteiger charge is -2.36. The number of amides is 1. The summed E-state index contributed by atoms with van der Waals surface area (Å²) in [5.41, 5.74) is 1.21. The first-order valence-electron chi connectivity index (χ1n) is 7.70. The summed E-state index contributed by atoms with van der Waals surface area (Å²) in [6, 6.07) is 9.78. The van der Waals surface area contributed by atoms with Gasteiger partial charge in [-0.1, -0.05) is 24.8 Å². The number of hydrogen-bond acceptors (Lipinski definition) is 3. The van der Waals surface area contributed by atoms with Crippen molar-refractivity contribution < 1.29 is 18.0 Å². The third kappa shape index (κ3) is 3.65. The summed E-state index contributed by atoms with van der Waals surface area (Å²) < 4.78 is 38.9. The Morgan fingerprint density at radius 1 is 1.32 bits per heavy atom. The minimum atomic E-state index is -4.51. The van der Waals surface area contributed by atoms with Gasteiger partial charge in [0.2, 0.25) is 5.91 Å². The van der Waals surface area contributed by atoms with Crippen LogP contribution in [0.4, 0.5) is 24.5 Å². The minimum absolute atomic E-state index is 0.233. The van der Waals surface area contributed by atoms with Crippen LogP contribution in [0.2, 0.25) is 0 Å². The van der Waals surface area contributed by atoms with Crippen molar-refractivity contribution in [1.82, 2.24) is 10.3 Å². The van der Waals surface area contributed by atoms with Crippen LogP contribution < -0.4 is 10.2 Å². The van der Waals surface area contributed by atoms with E-state index >= 15 is 0 Å². The molecular formula is C18H16F3N3O. The third-order valence-electron chi connectivity index (χ3n) is 4.03. The highest BCUT2D eigenvalue weighted by atomic mass is 19.4. The molecule has 3 rings (SSSR count). The molecule has 0 saturated carbocycles. The van der Waals surface area contributed by atoms with E-state index in [1.165, 1.54) is 12.1 Å². The normalized spacial score (nSPS) is 16.9. The lowest BCUT2D eigenvalue weighted by molar-refractivity contribution is -0.141. The number of benzene rings is 1. The summed E-state index contributed by atoms with van der Waals surface area (Å²) in [5.74, 6) is -0.310. The van der Waals surface area contributed by atoms with Crippen molar-refractivity contribution in [2.45, 2.75) is 18.6 Å². The van der Waals surface area contributed by atoms with Crippen molar-refractivity contribution in [3.05, 3.63) is 66.5 Å². The van der Waals surface area contributed by atoms with Gasteiger partial charge in [-0.25, -0.2) is 0 Å². The van der Waals surface area contributed by atoms with Crippen LogP contribution in [0.25, 0.3) is 0 Å². The maximum atomic E-state index is 13.0. The number of alkyl halides is 3. The van der Waals surface area contributed by atoms with Crippen molar-refractivity contribution in [3.63, 3.8) is 0 Å². The number of rotatable bonds is 3. The maximum Gasteiger partial charge on any atom is 0.433 e. The fourth-order valence-electron chi connectivity index (χ4n) is 2.94. The first-order chi connectivity index (χ1) is 11.9. The Bertz CT molecular complexity index is 804. The standard InChI is InChI=1S/C18H16F3N3O/c1-2-17(25)23-13-9-12-5-3-4-6-15(12)24(11-13)14-7-8-22-16(10-14)18(19,20)21/h2-8,10,13H,1,9,11H2,(H,23,25). The molecule has 0 bridgehead atoms. The van der Waals surface area contributed by atoms with Gasteiger partial charge < -0.3 is 10.2 Å². The molecule has 0 fully saturated rings. The first-order valence-corrected chi connectivity index (χ1v) is 7.70. The van der Waals surface area contributed by atoms with Gasteiger partial charge in [-0.05, 0) is 36.3 Å². The summed E-state index contributed by atoms with van der Waals surface area (Å²) >= 11 is 0. The van der Waals surface area contributed by atoms with E-state index in [4.69, 9.17) is 0 Å². The topological polar surface area (TPSA) is 45.2 Å². The van der Waals surface area contributed by atoms with E-state index < -0.39 is 11.9 Å². The zero-order valence-corrected chi connectivity index (χ0v) is 13.3. The maximum absolute atomic E-state index is 13.0. The number of aromatic nitrogens is 1. The fraction of sp³-hybridized carbons (Fsp3) is 0.222. The van der Waals surface area contributed by atoms with Crippen LogP contribution in [0.3, 0.4) is 0 Å². The number of fused-ring (bicyclic) bond motifs is 1. The van der Waals surface area contributed by atoms with Gasteiger partial charge in [0.1, 0.15) is 5.69 Å². The van der Waals surface area contributed by atoms with E-state index in [1.54, 1.807) is 4.90 Å². The smallest absolute Gasteiger partial charge is 0.348 e. The summed E-state index contributed by atoms with van der Waals surface area (Å²) in [6.45, 7) is 3.79. The molecule has 0 radical (unpaired) electrons. The number of halogens is 3. The minimum Gasteiger partial charge on any atom is -0.348 e. The van der Waals surface area contributed by atoms with Crippen LogP contribution >= 0.6 is 0 Å². The molecule has 2 heterocycles. The molecule has 1 aliphatic heterocycles. The molecular weight excluding hydrogens is 331 g/mol. The van der Waals surface area contributed by atoms with Gasteiger partial charge in [-0.2, -0.15) is 13.2 Å². The van der Waals surface area contributed by atoms with Gasteiger partial charge in [0, 0.05) is 24.1 Å². The molecule has 0 saturated heterocycles. The third-order valence-corrected chi connectivity index (χ3v) is 4.03. The van der Waals surface area contributed by atoms with Crippen molar-refractivity contribution in [2.75, 3.05) is 11.4 Å². The number of nitrogens with zero attached hydrogens (tertiary/aromatic N) is 2. The second kappa shape index (κ2) is 6.58. The number of para-hydroxylation sites is 1. The number of anilines is 2. The Morgan fingerprint density at radius 2 is 2.08 bits per heavy atom. The molecule has 4 nitrogen and oxygen atoms in total. The molecule has 7 heteroatoms. The van der Waals surface area contributed by atoms with E-state index in [0.717, 1.165) is 23.5 Å². The van der Waals surface area contributed by atoms with Crippen LogP contribution in [0.1, 0.15) is 11.3 Å². The fourth-order valence-corrected chi connectivity index (χ4v) is 2.94. The molecule has 130 valence electrons. The number of carbonyl (C=O) groups excluding carboxylic acids is 1. The van der Waals surface area contributed by atoms with Crippen LogP contribution in [0, 0.1) is 0 Å². The highest BCUT2D eigenvalue weighted by Gasteiger charge is 2.34. The Kier molecular flexibility index (Phi) is 4.48. The van der Waals surface area contributed by atoms with E-state index in [2.05, 4.69) is 16.9 Å². The molecule has 1 aromatic heterocycles. The van der Waals surface area contributed by atoms with Gasteiger partial charge in [-0.15, -0.1) is 0 Å². The summed E-state index contributed by atoms with van der Waals surface area (Å²) in [6.07, 6.45) is -1.59. The largest absolute Gasteiger partial charge is 0.433 e. The molecule has 1 aromatic carbocycles. The average Bonchev–Trinajstić information content (AvgIpc) is 2.60. The zero-order chi connectivity index (χ0) is 18.0. The van der Waals surface area contributed by atoms with Gasteiger partial charge in [-0.3, -0.25) is 9.78 Å². The lowest BCUT2D eigenvalue weighted by atomic mass is 9.97. The molecule has 1 aliphatic rings. The molecule has 2 aromatic rings. The number of pyridine rings is 1. The Hall–Kier alpha value is -2.83. The van der Waals surface area contributed by atoms with E-state index in [1.807, 2.05) is 24.3 Å². The van der Waals surface area contributed by atoms with Crippen LogP contribution in [-0.4, -0.2) is 23.5 Å².